The molecule has 1 saturated heterocycles. The van der Waals surface area contributed by atoms with Crippen molar-refractivity contribution >= 4 is 35.4 Å². The van der Waals surface area contributed by atoms with Crippen molar-refractivity contribution in [3.63, 3.8) is 0 Å². The molecule has 0 aromatic heterocycles. The zero-order valence-corrected chi connectivity index (χ0v) is 18.3. The first-order valence-corrected chi connectivity index (χ1v) is 10.8. The number of thioether (sulfide) groups is 1. The maximum absolute atomic E-state index is 13.5. The molecule has 0 aliphatic carbocycles. The van der Waals surface area contributed by atoms with E-state index in [1.807, 2.05) is 52.0 Å². The quantitative estimate of drug-likeness (QED) is 0.760. The molecule has 1 unspecified atom stereocenters. The van der Waals surface area contributed by atoms with Gasteiger partial charge < -0.3 is 20.3 Å². The smallest absolute Gasteiger partial charge is 0.410 e. The van der Waals surface area contributed by atoms with Crippen LogP contribution in [0.2, 0.25) is 0 Å². The van der Waals surface area contributed by atoms with Gasteiger partial charge in [-0.05, 0) is 58.6 Å². The van der Waals surface area contributed by atoms with Gasteiger partial charge in [0.05, 0.1) is 5.69 Å². The molecule has 3 amide bonds. The molecule has 1 atom stereocenters. The summed E-state index contributed by atoms with van der Waals surface area (Å²) in [5.41, 5.74) is 6.11. The van der Waals surface area contributed by atoms with Crippen LogP contribution in [0, 0.1) is 5.92 Å². The largest absolute Gasteiger partial charge is 0.444 e. The molecule has 29 heavy (non-hydrogen) atoms. The number of fused-ring (bicyclic) bond motifs is 1. The van der Waals surface area contributed by atoms with Gasteiger partial charge >= 0.3 is 6.09 Å². The van der Waals surface area contributed by atoms with Gasteiger partial charge in [-0.1, -0.05) is 23.9 Å². The number of nitrogens with two attached hydrogens (primary N) is 1. The van der Waals surface area contributed by atoms with Gasteiger partial charge in [0.2, 0.25) is 5.91 Å². The molecule has 3 rings (SSSR count). The molecular weight excluding hydrogens is 390 g/mol. The number of anilines is 1. The minimum absolute atomic E-state index is 0.251. The number of amides is 3. The Morgan fingerprint density at radius 2 is 1.86 bits per heavy atom. The fourth-order valence-electron chi connectivity index (χ4n) is 4.02. The Bertz CT molecular complexity index is 814. The highest BCUT2D eigenvalue weighted by Gasteiger charge is 2.57. The second-order valence-electron chi connectivity index (χ2n) is 8.46. The van der Waals surface area contributed by atoms with E-state index in [4.69, 9.17) is 10.5 Å². The Hall–Kier alpha value is -2.22. The topological polar surface area (TPSA) is 92.9 Å². The van der Waals surface area contributed by atoms with Crippen molar-refractivity contribution in [3.8, 4) is 0 Å². The number of rotatable bonds is 3. The summed E-state index contributed by atoms with van der Waals surface area (Å²) < 4.78 is 4.09. The van der Waals surface area contributed by atoms with Crippen LogP contribution in [0.4, 0.5) is 10.5 Å². The van der Waals surface area contributed by atoms with Crippen molar-refractivity contribution in [1.29, 1.82) is 0 Å². The standard InChI is InChI=1S/C21H29N3O4S/c1-5-24-15-8-6-7-9-16(15)29-21(17(22)25,18(24)26)14-10-12-23(13-11-14)19(27)28-20(2,3)4/h6-9,14H,5,10-13H2,1-4H3,(H2,22,25). The predicted molar refractivity (Wildman–Crippen MR) is 113 cm³/mol. The van der Waals surface area contributed by atoms with Gasteiger partial charge in [0.15, 0.2) is 4.75 Å². The summed E-state index contributed by atoms with van der Waals surface area (Å²) in [6.45, 7) is 8.69. The first-order valence-electron chi connectivity index (χ1n) is 9.98. The lowest BCUT2D eigenvalue weighted by Gasteiger charge is -2.46. The second kappa shape index (κ2) is 7.89. The van der Waals surface area contributed by atoms with E-state index in [1.54, 1.807) is 9.80 Å². The Morgan fingerprint density at radius 3 is 2.41 bits per heavy atom. The molecule has 0 saturated carbocycles. The third kappa shape index (κ3) is 3.95. The third-order valence-corrected chi connectivity index (χ3v) is 6.99. The molecule has 2 aliphatic rings. The summed E-state index contributed by atoms with van der Waals surface area (Å²) >= 11 is 1.27. The average Bonchev–Trinajstić information content (AvgIpc) is 2.66. The van der Waals surface area contributed by atoms with E-state index in [9.17, 15) is 14.4 Å². The Labute approximate surface area is 175 Å². The fourth-order valence-corrected chi connectivity index (χ4v) is 5.49. The number of benzene rings is 1. The van der Waals surface area contributed by atoms with Gasteiger partial charge in [0.1, 0.15) is 5.60 Å². The molecule has 1 aromatic rings. The van der Waals surface area contributed by atoms with E-state index in [0.29, 0.717) is 32.5 Å². The van der Waals surface area contributed by atoms with Gasteiger partial charge in [0.25, 0.3) is 5.91 Å². The molecule has 2 N–H and O–H groups in total. The molecule has 1 aromatic carbocycles. The summed E-state index contributed by atoms with van der Waals surface area (Å²) in [6.07, 6.45) is 0.661. The van der Waals surface area contributed by atoms with Crippen LogP contribution in [-0.2, 0) is 14.3 Å². The normalized spacial score (nSPS) is 23.0. The number of carbonyl (C=O) groups excluding carboxylic acids is 3. The van der Waals surface area contributed by atoms with Gasteiger partial charge in [-0.25, -0.2) is 4.79 Å². The van der Waals surface area contributed by atoms with Gasteiger partial charge in [0, 0.05) is 24.5 Å². The molecule has 0 radical (unpaired) electrons. The van der Waals surface area contributed by atoms with E-state index in [-0.39, 0.29) is 17.9 Å². The number of likely N-dealkylation sites (tertiary alicyclic amines) is 1. The zero-order chi connectivity index (χ0) is 21.4. The highest BCUT2D eigenvalue weighted by molar-refractivity contribution is 8.02. The number of ether oxygens (including phenoxy) is 1. The van der Waals surface area contributed by atoms with Crippen LogP contribution in [0.15, 0.2) is 29.2 Å². The molecule has 8 heteroatoms. The summed E-state index contributed by atoms with van der Waals surface area (Å²) in [7, 11) is 0. The van der Waals surface area contributed by atoms with E-state index in [2.05, 4.69) is 0 Å². The summed E-state index contributed by atoms with van der Waals surface area (Å²) in [5.74, 6) is -1.12. The Balaban J connectivity index is 1.85. The first kappa shape index (κ1) is 21.5. The highest BCUT2D eigenvalue weighted by atomic mass is 32.2. The van der Waals surface area contributed by atoms with E-state index < -0.39 is 16.3 Å². The van der Waals surface area contributed by atoms with Crippen LogP contribution >= 0.6 is 11.8 Å². The van der Waals surface area contributed by atoms with Crippen LogP contribution in [-0.4, -0.2) is 52.8 Å². The number of hydrogen-bond acceptors (Lipinski definition) is 5. The minimum Gasteiger partial charge on any atom is -0.444 e. The Morgan fingerprint density at radius 1 is 1.24 bits per heavy atom. The second-order valence-corrected chi connectivity index (χ2v) is 9.75. The van der Waals surface area contributed by atoms with Gasteiger partial charge in [-0.15, -0.1) is 0 Å². The molecule has 1 fully saturated rings. The lowest BCUT2D eigenvalue weighted by atomic mass is 9.81. The molecule has 0 spiro atoms. The number of primary amides is 1. The highest BCUT2D eigenvalue weighted by Crippen LogP contribution is 2.51. The average molecular weight is 420 g/mol. The predicted octanol–water partition coefficient (Wildman–Crippen LogP) is 3.02. The van der Waals surface area contributed by atoms with Crippen LogP contribution in [0.1, 0.15) is 40.5 Å². The SMILES string of the molecule is CCN1C(=O)C(C(N)=O)(C2CCN(C(=O)OC(C)(C)C)CC2)Sc2ccccc21. The maximum Gasteiger partial charge on any atom is 0.410 e. The number of nitrogens with zero attached hydrogens (tertiary/aromatic N) is 2. The lowest BCUT2D eigenvalue weighted by Crippen LogP contribution is -2.62. The number of para-hydroxylation sites is 1. The zero-order valence-electron chi connectivity index (χ0n) is 17.4. The summed E-state index contributed by atoms with van der Waals surface area (Å²) in [6, 6.07) is 7.58. The van der Waals surface area contributed by atoms with Crippen LogP contribution in [0.3, 0.4) is 0 Å². The molecule has 2 aliphatic heterocycles. The summed E-state index contributed by atoms with van der Waals surface area (Å²) in [4.78, 5) is 42.7. The van der Waals surface area contributed by atoms with E-state index in [1.165, 1.54) is 11.8 Å². The lowest BCUT2D eigenvalue weighted by molar-refractivity contribution is -0.132. The fraction of sp³-hybridized carbons (Fsp3) is 0.571. The van der Waals surface area contributed by atoms with Crippen LogP contribution < -0.4 is 10.6 Å². The van der Waals surface area contributed by atoms with Crippen molar-refractivity contribution in [2.45, 2.75) is 55.8 Å². The third-order valence-electron chi connectivity index (χ3n) is 5.39. The molecule has 0 bridgehead atoms. The Kier molecular flexibility index (Phi) is 5.85. The molecule has 7 nitrogen and oxygen atoms in total. The maximum atomic E-state index is 13.5. The van der Waals surface area contributed by atoms with Crippen LogP contribution in [0.25, 0.3) is 0 Å². The molecule has 158 valence electrons. The van der Waals surface area contributed by atoms with Crippen molar-refractivity contribution in [3.05, 3.63) is 24.3 Å². The monoisotopic (exact) mass is 419 g/mol. The summed E-state index contributed by atoms with van der Waals surface area (Å²) in [5, 5.41) is 0. The first-order chi connectivity index (χ1) is 13.6. The van der Waals surface area contributed by atoms with E-state index >= 15 is 0 Å². The van der Waals surface area contributed by atoms with Gasteiger partial charge in [-0.3, -0.25) is 9.59 Å². The molecule has 2 heterocycles. The van der Waals surface area contributed by atoms with Gasteiger partial charge in [-0.2, -0.15) is 0 Å². The van der Waals surface area contributed by atoms with Crippen molar-refractivity contribution in [2.75, 3.05) is 24.5 Å². The van der Waals surface area contributed by atoms with Crippen molar-refractivity contribution < 1.29 is 19.1 Å². The number of piperidine rings is 1. The van der Waals surface area contributed by atoms with Crippen molar-refractivity contribution in [2.24, 2.45) is 11.7 Å². The number of hydrogen-bond donors (Lipinski definition) is 1. The number of carbonyl (C=O) groups is 3. The minimum atomic E-state index is -1.36. The molecular formula is C21H29N3O4S. The van der Waals surface area contributed by atoms with E-state index in [0.717, 1.165) is 10.6 Å². The van der Waals surface area contributed by atoms with Crippen molar-refractivity contribution in [1.82, 2.24) is 4.90 Å². The van der Waals surface area contributed by atoms with Crippen LogP contribution in [0.5, 0.6) is 0 Å².